The van der Waals surface area contributed by atoms with Crippen molar-refractivity contribution in [3.8, 4) is 0 Å². The van der Waals surface area contributed by atoms with Crippen LogP contribution in [0.15, 0.2) is 24.8 Å². The number of hydrogen-bond donors (Lipinski definition) is 0. The van der Waals surface area contributed by atoms with E-state index in [1.165, 1.54) is 0 Å². The summed E-state index contributed by atoms with van der Waals surface area (Å²) in [6.45, 7) is 7.61. The van der Waals surface area contributed by atoms with Crippen LogP contribution < -0.4 is 9.80 Å². The van der Waals surface area contributed by atoms with Crippen LogP contribution in [0.1, 0.15) is 18.3 Å². The fourth-order valence-corrected chi connectivity index (χ4v) is 3.58. The Balaban J connectivity index is 1.43. The van der Waals surface area contributed by atoms with Crippen molar-refractivity contribution in [3.05, 3.63) is 36.2 Å². The molecule has 0 aromatic carbocycles. The van der Waals surface area contributed by atoms with Crippen LogP contribution in [0.3, 0.4) is 0 Å². The molecular weight excluding hydrogens is 344 g/mol. The average molecular weight is 364 g/mol. The third-order valence-electron chi connectivity index (χ3n) is 4.97. The van der Waals surface area contributed by atoms with E-state index in [2.05, 4.69) is 59.2 Å². The monoisotopic (exact) mass is 364 g/mol. The minimum Gasteiger partial charge on any atom is -0.365 e. The number of rotatable bonds is 3. The van der Waals surface area contributed by atoms with Gasteiger partial charge in [-0.1, -0.05) is 6.92 Å². The van der Waals surface area contributed by atoms with Gasteiger partial charge in [0.15, 0.2) is 0 Å². The largest absolute Gasteiger partial charge is 0.365 e. The lowest BCUT2D eigenvalue weighted by molar-refractivity contribution is 0.637. The van der Waals surface area contributed by atoms with E-state index >= 15 is 0 Å². The Morgan fingerprint density at radius 2 is 1.89 bits per heavy atom. The molecule has 0 spiro atoms. The third kappa shape index (κ3) is 2.64. The molecule has 0 amide bonds. The number of anilines is 2. The van der Waals surface area contributed by atoms with Crippen molar-refractivity contribution in [2.24, 2.45) is 0 Å². The minimum atomic E-state index is 0.638. The van der Waals surface area contributed by atoms with Gasteiger partial charge in [0.25, 0.3) is 5.78 Å². The standard InChI is InChI=1S/C17H20N10/c1-3-13-9-14(16-22-19-11-26(16)23-13)24-4-6-25(7-5-24)15-8-12(2)21-17-18-10-20-27(15)17/h8-11H,3-7H2,1-2H3. The predicted octanol–water partition coefficient (Wildman–Crippen LogP) is 0.759. The van der Waals surface area contributed by atoms with E-state index in [9.17, 15) is 0 Å². The van der Waals surface area contributed by atoms with Gasteiger partial charge in [-0.05, 0) is 19.4 Å². The summed E-state index contributed by atoms with van der Waals surface area (Å²) in [5, 5.41) is 17.1. The first-order valence-electron chi connectivity index (χ1n) is 9.10. The maximum Gasteiger partial charge on any atom is 0.254 e. The summed E-state index contributed by atoms with van der Waals surface area (Å²) in [5.41, 5.74) is 3.88. The van der Waals surface area contributed by atoms with Gasteiger partial charge in [-0.25, -0.2) is 4.98 Å². The Labute approximate surface area is 155 Å². The summed E-state index contributed by atoms with van der Waals surface area (Å²) in [7, 11) is 0. The maximum absolute atomic E-state index is 4.54. The molecule has 0 N–H and O–H groups in total. The Hall–Kier alpha value is -3.30. The SMILES string of the molecule is CCc1cc(N2CCN(c3cc(C)nc4ncnn34)CC2)c2nncn2n1. The summed E-state index contributed by atoms with van der Waals surface area (Å²) >= 11 is 0. The summed E-state index contributed by atoms with van der Waals surface area (Å²) in [6, 6.07) is 4.20. The number of nitrogens with zero attached hydrogens (tertiary/aromatic N) is 10. The molecule has 0 atom stereocenters. The highest BCUT2D eigenvalue weighted by Crippen LogP contribution is 2.24. The summed E-state index contributed by atoms with van der Waals surface area (Å²) in [6.07, 6.45) is 4.09. The highest BCUT2D eigenvalue weighted by molar-refractivity contribution is 5.69. The lowest BCUT2D eigenvalue weighted by Crippen LogP contribution is -2.47. The molecule has 5 heterocycles. The van der Waals surface area contributed by atoms with Crippen LogP contribution in [-0.4, -0.2) is 65.6 Å². The van der Waals surface area contributed by atoms with Crippen molar-refractivity contribution in [2.75, 3.05) is 36.0 Å². The van der Waals surface area contributed by atoms with Gasteiger partial charge < -0.3 is 9.80 Å². The quantitative estimate of drug-likeness (QED) is 0.526. The van der Waals surface area contributed by atoms with E-state index in [-0.39, 0.29) is 0 Å². The zero-order chi connectivity index (χ0) is 18.4. The lowest BCUT2D eigenvalue weighted by atomic mass is 10.2. The zero-order valence-electron chi connectivity index (χ0n) is 15.3. The van der Waals surface area contributed by atoms with Crippen LogP contribution in [0.25, 0.3) is 11.4 Å². The fraction of sp³-hybridized carbons (Fsp3) is 0.412. The number of aromatic nitrogens is 8. The molecule has 0 bridgehead atoms. The van der Waals surface area contributed by atoms with Gasteiger partial charge in [0, 0.05) is 37.9 Å². The van der Waals surface area contributed by atoms with E-state index in [1.807, 2.05) is 6.92 Å². The van der Waals surface area contributed by atoms with Crippen molar-refractivity contribution < 1.29 is 0 Å². The summed E-state index contributed by atoms with van der Waals surface area (Å²) < 4.78 is 3.58. The number of hydrogen-bond acceptors (Lipinski definition) is 8. The minimum absolute atomic E-state index is 0.638. The summed E-state index contributed by atoms with van der Waals surface area (Å²) in [4.78, 5) is 13.3. The second-order valence-corrected chi connectivity index (χ2v) is 6.68. The molecule has 1 aliphatic rings. The van der Waals surface area contributed by atoms with Gasteiger partial charge in [-0.2, -0.15) is 24.2 Å². The first-order valence-corrected chi connectivity index (χ1v) is 9.10. The van der Waals surface area contributed by atoms with Crippen molar-refractivity contribution in [1.82, 2.24) is 39.4 Å². The second-order valence-electron chi connectivity index (χ2n) is 6.68. The molecule has 10 nitrogen and oxygen atoms in total. The van der Waals surface area contributed by atoms with Gasteiger partial charge in [0.1, 0.15) is 18.5 Å². The van der Waals surface area contributed by atoms with E-state index in [0.29, 0.717) is 5.78 Å². The average Bonchev–Trinajstić information content (AvgIpc) is 3.35. The molecular formula is C17H20N10. The van der Waals surface area contributed by atoms with Crippen LogP contribution in [0, 0.1) is 6.92 Å². The lowest BCUT2D eigenvalue weighted by Gasteiger charge is -2.37. The predicted molar refractivity (Wildman–Crippen MR) is 100 cm³/mol. The van der Waals surface area contributed by atoms with Gasteiger partial charge >= 0.3 is 0 Å². The van der Waals surface area contributed by atoms with Crippen LogP contribution in [0.5, 0.6) is 0 Å². The second kappa shape index (κ2) is 6.15. The van der Waals surface area contributed by atoms with E-state index in [0.717, 1.165) is 61.1 Å². The molecule has 0 aliphatic carbocycles. The molecule has 1 saturated heterocycles. The molecule has 1 aliphatic heterocycles. The molecule has 5 rings (SSSR count). The molecule has 1 fully saturated rings. The first-order chi connectivity index (χ1) is 13.2. The maximum atomic E-state index is 4.54. The Morgan fingerprint density at radius 1 is 1.07 bits per heavy atom. The van der Waals surface area contributed by atoms with Crippen LogP contribution >= 0.6 is 0 Å². The van der Waals surface area contributed by atoms with E-state index in [4.69, 9.17) is 0 Å². The van der Waals surface area contributed by atoms with Crippen molar-refractivity contribution in [1.29, 1.82) is 0 Å². The van der Waals surface area contributed by atoms with Gasteiger partial charge in [-0.3, -0.25) is 0 Å². The van der Waals surface area contributed by atoms with Crippen LogP contribution in [-0.2, 0) is 6.42 Å². The Kier molecular flexibility index (Phi) is 3.62. The molecule has 0 radical (unpaired) electrons. The number of piperazine rings is 1. The number of aryl methyl sites for hydroxylation is 2. The normalized spacial score (nSPS) is 15.2. The van der Waals surface area contributed by atoms with E-state index < -0.39 is 0 Å². The van der Waals surface area contributed by atoms with Crippen molar-refractivity contribution in [2.45, 2.75) is 20.3 Å². The molecule has 10 heteroatoms. The molecule has 0 saturated carbocycles. The Morgan fingerprint density at radius 3 is 2.70 bits per heavy atom. The van der Waals surface area contributed by atoms with E-state index in [1.54, 1.807) is 21.7 Å². The van der Waals surface area contributed by atoms with Crippen molar-refractivity contribution >= 4 is 22.9 Å². The molecule has 138 valence electrons. The fourth-order valence-electron chi connectivity index (χ4n) is 3.58. The Bertz CT molecular complexity index is 1110. The smallest absolute Gasteiger partial charge is 0.254 e. The number of fused-ring (bicyclic) bond motifs is 2. The third-order valence-corrected chi connectivity index (χ3v) is 4.97. The van der Waals surface area contributed by atoms with Crippen LogP contribution in [0.4, 0.5) is 11.5 Å². The topological polar surface area (TPSA) is 92.6 Å². The summed E-state index contributed by atoms with van der Waals surface area (Å²) in [5.74, 6) is 1.67. The van der Waals surface area contributed by atoms with Gasteiger partial charge in [0.2, 0.25) is 5.65 Å². The first kappa shape index (κ1) is 15.9. The molecule has 4 aromatic rings. The molecule has 0 unspecified atom stereocenters. The molecule has 4 aromatic heterocycles. The van der Waals surface area contributed by atoms with Gasteiger partial charge in [0.05, 0.1) is 11.4 Å². The van der Waals surface area contributed by atoms with Gasteiger partial charge in [-0.15, -0.1) is 10.2 Å². The highest BCUT2D eigenvalue weighted by Gasteiger charge is 2.23. The van der Waals surface area contributed by atoms with Crippen molar-refractivity contribution in [3.63, 3.8) is 0 Å². The van der Waals surface area contributed by atoms with Crippen LogP contribution in [0.2, 0.25) is 0 Å². The zero-order valence-corrected chi connectivity index (χ0v) is 15.3. The molecule has 27 heavy (non-hydrogen) atoms. The highest BCUT2D eigenvalue weighted by atomic mass is 15.4.